The number of benzene rings is 2. The van der Waals surface area contributed by atoms with Crippen molar-refractivity contribution in [1.82, 2.24) is 0 Å². The van der Waals surface area contributed by atoms with E-state index >= 15 is 0 Å². The number of ether oxygens (including phenoxy) is 2. The first kappa shape index (κ1) is 16.8. The number of anilines is 1. The zero-order chi connectivity index (χ0) is 18.0. The lowest BCUT2D eigenvalue weighted by atomic mass is 10.0. The highest BCUT2D eigenvalue weighted by Gasteiger charge is 2.28. The Labute approximate surface area is 147 Å². The van der Waals surface area contributed by atoms with Gasteiger partial charge in [-0.1, -0.05) is 18.2 Å². The van der Waals surface area contributed by atoms with E-state index in [1.54, 1.807) is 17.0 Å². The molecule has 3 rings (SSSR count). The van der Waals surface area contributed by atoms with Gasteiger partial charge in [0, 0.05) is 0 Å². The number of nitrogens with zero attached hydrogens (tertiary/aromatic N) is 2. The third kappa shape index (κ3) is 3.74. The third-order valence-electron chi connectivity index (χ3n) is 3.78. The molecule has 0 bridgehead atoms. The molecule has 128 valence electrons. The van der Waals surface area contributed by atoms with Crippen molar-refractivity contribution in [1.29, 1.82) is 5.26 Å². The first-order chi connectivity index (χ1) is 11.9. The van der Waals surface area contributed by atoms with Crippen molar-refractivity contribution in [2.24, 2.45) is 0 Å². The predicted octanol–water partition coefficient (Wildman–Crippen LogP) is 4.36. The van der Waals surface area contributed by atoms with Crippen molar-refractivity contribution in [3.8, 4) is 22.9 Å². The molecule has 0 N–H and O–H groups in total. The Morgan fingerprint density at radius 3 is 2.48 bits per heavy atom. The van der Waals surface area contributed by atoms with Gasteiger partial charge in [-0.2, -0.15) is 5.26 Å². The van der Waals surface area contributed by atoms with Crippen LogP contribution in [-0.2, 0) is 4.74 Å². The van der Waals surface area contributed by atoms with Crippen LogP contribution in [0.3, 0.4) is 0 Å². The summed E-state index contributed by atoms with van der Waals surface area (Å²) < 4.78 is 11.2. The number of carbonyl (C=O) groups excluding carboxylic acids is 1. The van der Waals surface area contributed by atoms with Crippen LogP contribution < -0.4 is 9.64 Å². The number of amides is 1. The molecule has 25 heavy (non-hydrogen) atoms. The number of fused-ring (bicyclic) bond motifs is 1. The number of hydrogen-bond donors (Lipinski definition) is 0. The summed E-state index contributed by atoms with van der Waals surface area (Å²) in [7, 11) is 0. The van der Waals surface area contributed by atoms with Gasteiger partial charge in [-0.05, 0) is 56.2 Å². The van der Waals surface area contributed by atoms with Crippen LogP contribution in [0.4, 0.5) is 10.5 Å². The van der Waals surface area contributed by atoms with Crippen LogP contribution in [0.5, 0.6) is 5.75 Å². The van der Waals surface area contributed by atoms with Crippen LogP contribution in [0.15, 0.2) is 42.5 Å². The molecule has 2 aromatic rings. The molecule has 0 saturated heterocycles. The molecule has 0 fully saturated rings. The van der Waals surface area contributed by atoms with Gasteiger partial charge in [-0.15, -0.1) is 0 Å². The fourth-order valence-electron chi connectivity index (χ4n) is 2.64. The molecule has 0 unspecified atom stereocenters. The fourth-order valence-corrected chi connectivity index (χ4v) is 2.64. The molecule has 5 heteroatoms. The van der Waals surface area contributed by atoms with E-state index in [-0.39, 0.29) is 6.09 Å². The summed E-state index contributed by atoms with van der Waals surface area (Å²) in [5, 5.41) is 8.92. The SMILES string of the molecule is CC(C)(C)OC(=O)N1CCOc2ccc(-c3ccc(C#N)cc3)cc21. The first-order valence-electron chi connectivity index (χ1n) is 8.15. The van der Waals surface area contributed by atoms with Crippen molar-refractivity contribution in [3.63, 3.8) is 0 Å². The summed E-state index contributed by atoms with van der Waals surface area (Å²) in [6, 6.07) is 15.2. The highest BCUT2D eigenvalue weighted by Crippen LogP contribution is 2.36. The van der Waals surface area contributed by atoms with Crippen molar-refractivity contribution >= 4 is 11.8 Å². The lowest BCUT2D eigenvalue weighted by molar-refractivity contribution is 0.0568. The molecular formula is C20H20N2O3. The smallest absolute Gasteiger partial charge is 0.415 e. The highest BCUT2D eigenvalue weighted by atomic mass is 16.6. The Hall–Kier alpha value is -3.00. The summed E-state index contributed by atoms with van der Waals surface area (Å²) in [4.78, 5) is 14.1. The summed E-state index contributed by atoms with van der Waals surface area (Å²) >= 11 is 0. The van der Waals surface area contributed by atoms with Gasteiger partial charge in [-0.3, -0.25) is 4.90 Å². The highest BCUT2D eigenvalue weighted by molar-refractivity contribution is 5.91. The molecule has 0 aromatic heterocycles. The quantitative estimate of drug-likeness (QED) is 0.776. The lowest BCUT2D eigenvalue weighted by Crippen LogP contribution is -2.41. The Morgan fingerprint density at radius 2 is 1.84 bits per heavy atom. The molecule has 0 spiro atoms. The van der Waals surface area contributed by atoms with E-state index in [0.717, 1.165) is 11.1 Å². The van der Waals surface area contributed by atoms with Gasteiger partial charge >= 0.3 is 6.09 Å². The lowest BCUT2D eigenvalue weighted by Gasteiger charge is -2.32. The number of rotatable bonds is 1. The minimum absolute atomic E-state index is 0.381. The van der Waals surface area contributed by atoms with Crippen LogP contribution in [0.2, 0.25) is 0 Å². The molecular weight excluding hydrogens is 316 g/mol. The maximum absolute atomic E-state index is 12.5. The average Bonchev–Trinajstić information content (AvgIpc) is 2.59. The molecule has 0 aliphatic carbocycles. The van der Waals surface area contributed by atoms with Gasteiger partial charge in [0.1, 0.15) is 18.0 Å². The van der Waals surface area contributed by atoms with Crippen molar-refractivity contribution in [3.05, 3.63) is 48.0 Å². The van der Waals surface area contributed by atoms with Crippen LogP contribution in [-0.4, -0.2) is 24.8 Å². The minimum Gasteiger partial charge on any atom is -0.490 e. The summed E-state index contributed by atoms with van der Waals surface area (Å²) in [6.45, 7) is 6.42. The van der Waals surface area contributed by atoms with Gasteiger partial charge in [0.15, 0.2) is 0 Å². The summed E-state index contributed by atoms with van der Waals surface area (Å²) in [6.07, 6.45) is -0.381. The minimum atomic E-state index is -0.555. The van der Waals surface area contributed by atoms with Crippen LogP contribution >= 0.6 is 0 Å². The van der Waals surface area contributed by atoms with Gasteiger partial charge < -0.3 is 9.47 Å². The third-order valence-corrected chi connectivity index (χ3v) is 3.78. The molecule has 2 aromatic carbocycles. The second-order valence-corrected chi connectivity index (χ2v) is 6.85. The van der Waals surface area contributed by atoms with E-state index in [1.807, 2.05) is 51.1 Å². The number of hydrogen-bond acceptors (Lipinski definition) is 4. The van der Waals surface area contributed by atoms with Crippen molar-refractivity contribution in [2.45, 2.75) is 26.4 Å². The second-order valence-electron chi connectivity index (χ2n) is 6.85. The molecule has 0 radical (unpaired) electrons. The molecule has 0 atom stereocenters. The Bertz CT molecular complexity index is 830. The monoisotopic (exact) mass is 336 g/mol. The molecule has 1 heterocycles. The van der Waals surface area contributed by atoms with Crippen molar-refractivity contribution in [2.75, 3.05) is 18.1 Å². The Morgan fingerprint density at radius 1 is 1.16 bits per heavy atom. The molecule has 5 nitrogen and oxygen atoms in total. The molecule has 1 aliphatic rings. The van der Waals surface area contributed by atoms with E-state index in [2.05, 4.69) is 6.07 Å². The summed E-state index contributed by atoms with van der Waals surface area (Å²) in [5.41, 5.74) is 2.67. The topological polar surface area (TPSA) is 62.6 Å². The Balaban J connectivity index is 1.95. The van der Waals surface area contributed by atoms with E-state index < -0.39 is 5.60 Å². The summed E-state index contributed by atoms with van der Waals surface area (Å²) in [5.74, 6) is 0.662. The zero-order valence-corrected chi connectivity index (χ0v) is 14.6. The zero-order valence-electron chi connectivity index (χ0n) is 14.6. The maximum atomic E-state index is 12.5. The van der Waals surface area contributed by atoms with Crippen LogP contribution in [0, 0.1) is 11.3 Å². The Kier molecular flexibility index (Phi) is 4.37. The predicted molar refractivity (Wildman–Crippen MR) is 95.7 cm³/mol. The number of nitriles is 1. The van der Waals surface area contributed by atoms with E-state index in [0.29, 0.717) is 30.2 Å². The van der Waals surface area contributed by atoms with Gasteiger partial charge in [0.25, 0.3) is 0 Å². The van der Waals surface area contributed by atoms with Crippen LogP contribution in [0.25, 0.3) is 11.1 Å². The standard InChI is InChI=1S/C20H20N2O3/c1-20(2,3)25-19(23)22-10-11-24-18-9-8-16(12-17(18)22)15-6-4-14(13-21)5-7-15/h4-9,12H,10-11H2,1-3H3. The normalized spacial score (nSPS) is 13.4. The average molecular weight is 336 g/mol. The molecule has 1 amide bonds. The molecule has 1 aliphatic heterocycles. The first-order valence-corrected chi connectivity index (χ1v) is 8.15. The molecule has 0 saturated carbocycles. The van der Waals surface area contributed by atoms with E-state index in [9.17, 15) is 4.79 Å². The largest absolute Gasteiger partial charge is 0.490 e. The van der Waals surface area contributed by atoms with Gasteiger partial charge in [-0.25, -0.2) is 4.79 Å². The van der Waals surface area contributed by atoms with E-state index in [4.69, 9.17) is 14.7 Å². The maximum Gasteiger partial charge on any atom is 0.415 e. The van der Waals surface area contributed by atoms with Crippen LogP contribution in [0.1, 0.15) is 26.3 Å². The van der Waals surface area contributed by atoms with Gasteiger partial charge in [0.05, 0.1) is 23.9 Å². The second kappa shape index (κ2) is 6.48. The number of carbonyl (C=O) groups is 1. The van der Waals surface area contributed by atoms with E-state index in [1.165, 1.54) is 0 Å². The van der Waals surface area contributed by atoms with Gasteiger partial charge in [0.2, 0.25) is 0 Å². The fraction of sp³-hybridized carbons (Fsp3) is 0.300. The van der Waals surface area contributed by atoms with Crippen molar-refractivity contribution < 1.29 is 14.3 Å².